The first-order valence-corrected chi connectivity index (χ1v) is 7.74. The minimum Gasteiger partial charge on any atom is -0.484 e. The van der Waals surface area contributed by atoms with Crippen LogP contribution in [-0.4, -0.2) is 12.4 Å². The van der Waals surface area contributed by atoms with Crippen LogP contribution in [0.4, 0.5) is 0 Å². The van der Waals surface area contributed by atoms with Crippen LogP contribution < -0.4 is 4.74 Å². The van der Waals surface area contributed by atoms with Gasteiger partial charge < -0.3 is 4.74 Å². The Bertz CT molecular complexity index is 651. The summed E-state index contributed by atoms with van der Waals surface area (Å²) in [6.07, 6.45) is 0. The number of carbonyl (C=O) groups excluding carboxylic acids is 1. The van der Waals surface area contributed by atoms with Crippen LogP contribution in [0.25, 0.3) is 0 Å². The number of aryl methyl sites for hydroxylation is 2. The zero-order chi connectivity index (χ0) is 14.7. The van der Waals surface area contributed by atoms with Crippen LogP contribution in [0.2, 0.25) is 0 Å². The van der Waals surface area contributed by atoms with E-state index in [0.29, 0.717) is 5.75 Å². The van der Waals surface area contributed by atoms with Crippen molar-refractivity contribution < 1.29 is 9.53 Å². The van der Waals surface area contributed by atoms with E-state index in [2.05, 4.69) is 31.9 Å². The van der Waals surface area contributed by atoms with Gasteiger partial charge in [0.15, 0.2) is 12.4 Å². The van der Waals surface area contributed by atoms with E-state index in [-0.39, 0.29) is 12.4 Å². The lowest BCUT2D eigenvalue weighted by atomic mass is 10.0. The third-order valence-electron chi connectivity index (χ3n) is 2.95. The van der Waals surface area contributed by atoms with Gasteiger partial charge in [0.1, 0.15) is 5.75 Å². The predicted molar refractivity (Wildman–Crippen MR) is 87.6 cm³/mol. The van der Waals surface area contributed by atoms with Crippen LogP contribution in [0.5, 0.6) is 5.75 Å². The molecule has 20 heavy (non-hydrogen) atoms. The molecule has 0 radical (unpaired) electrons. The molecular formula is C16H14Br2O2. The smallest absolute Gasteiger partial charge is 0.200 e. The first-order valence-electron chi connectivity index (χ1n) is 6.15. The number of benzene rings is 2. The van der Waals surface area contributed by atoms with Crippen molar-refractivity contribution >= 4 is 37.6 Å². The number of rotatable bonds is 4. The summed E-state index contributed by atoms with van der Waals surface area (Å²) in [5.41, 5.74) is 2.76. The molecule has 0 bridgehead atoms. The van der Waals surface area contributed by atoms with Gasteiger partial charge in [-0.25, -0.2) is 0 Å². The Balaban J connectivity index is 2.10. The molecule has 0 amide bonds. The lowest BCUT2D eigenvalue weighted by Crippen LogP contribution is -2.13. The Morgan fingerprint density at radius 2 is 1.85 bits per heavy atom. The fraction of sp³-hybridized carbons (Fsp3) is 0.188. The normalized spacial score (nSPS) is 10.4. The van der Waals surface area contributed by atoms with Gasteiger partial charge in [0.05, 0.1) is 4.47 Å². The number of Topliss-reactive ketones (excluding diaryl/α,β-unsaturated/α-hetero) is 1. The largest absolute Gasteiger partial charge is 0.484 e. The molecule has 0 aliphatic carbocycles. The number of hydrogen-bond donors (Lipinski definition) is 0. The van der Waals surface area contributed by atoms with Gasteiger partial charge >= 0.3 is 0 Å². The molecule has 0 aliphatic rings. The Labute approximate surface area is 135 Å². The molecule has 2 aromatic rings. The summed E-state index contributed by atoms with van der Waals surface area (Å²) in [6, 6.07) is 11.4. The summed E-state index contributed by atoms with van der Waals surface area (Å²) in [5, 5.41) is 0. The summed E-state index contributed by atoms with van der Waals surface area (Å²) in [5.74, 6) is 0.646. The van der Waals surface area contributed by atoms with Crippen molar-refractivity contribution in [3.63, 3.8) is 0 Å². The molecule has 0 heterocycles. The molecule has 104 valence electrons. The number of carbonyl (C=O) groups is 1. The van der Waals surface area contributed by atoms with E-state index in [1.165, 1.54) is 0 Å². The molecule has 0 N–H and O–H groups in total. The SMILES string of the molecule is Cc1ccc(C)c(C(=O)COc2ccc(Br)cc2Br)c1. The van der Waals surface area contributed by atoms with Crippen molar-refractivity contribution in [2.45, 2.75) is 13.8 Å². The Morgan fingerprint density at radius 1 is 1.10 bits per heavy atom. The average Bonchev–Trinajstić information content (AvgIpc) is 2.40. The topological polar surface area (TPSA) is 26.3 Å². The summed E-state index contributed by atoms with van der Waals surface area (Å²) in [4.78, 5) is 12.2. The molecule has 2 nitrogen and oxygen atoms in total. The van der Waals surface area contributed by atoms with Gasteiger partial charge in [-0.1, -0.05) is 33.6 Å². The maximum Gasteiger partial charge on any atom is 0.200 e. The lowest BCUT2D eigenvalue weighted by molar-refractivity contribution is 0.0920. The molecule has 0 saturated heterocycles. The van der Waals surface area contributed by atoms with Gasteiger partial charge in [-0.05, 0) is 59.6 Å². The number of ketones is 1. The van der Waals surface area contributed by atoms with Gasteiger partial charge in [0, 0.05) is 10.0 Å². The number of halogens is 2. The lowest BCUT2D eigenvalue weighted by Gasteiger charge is -2.10. The van der Waals surface area contributed by atoms with E-state index in [4.69, 9.17) is 4.74 Å². The van der Waals surface area contributed by atoms with E-state index in [0.717, 1.165) is 25.6 Å². The zero-order valence-electron chi connectivity index (χ0n) is 11.2. The predicted octanol–water partition coefficient (Wildman–Crippen LogP) is 5.09. The first-order chi connectivity index (χ1) is 9.47. The zero-order valence-corrected chi connectivity index (χ0v) is 14.4. The monoisotopic (exact) mass is 396 g/mol. The van der Waals surface area contributed by atoms with E-state index < -0.39 is 0 Å². The van der Waals surface area contributed by atoms with Crippen LogP contribution in [0, 0.1) is 13.8 Å². The van der Waals surface area contributed by atoms with Gasteiger partial charge in [-0.3, -0.25) is 4.79 Å². The third-order valence-corrected chi connectivity index (χ3v) is 4.06. The van der Waals surface area contributed by atoms with Crippen molar-refractivity contribution in [3.8, 4) is 5.75 Å². The van der Waals surface area contributed by atoms with Gasteiger partial charge in [0.25, 0.3) is 0 Å². The molecule has 0 aromatic heterocycles. The molecular weight excluding hydrogens is 384 g/mol. The minimum absolute atomic E-state index is 0.0129. The van der Waals surface area contributed by atoms with Gasteiger partial charge in [-0.2, -0.15) is 0 Å². The van der Waals surface area contributed by atoms with Crippen molar-refractivity contribution in [1.82, 2.24) is 0 Å². The van der Waals surface area contributed by atoms with Crippen LogP contribution in [-0.2, 0) is 0 Å². The van der Waals surface area contributed by atoms with Crippen molar-refractivity contribution in [3.05, 3.63) is 62.0 Å². The fourth-order valence-corrected chi connectivity index (χ4v) is 3.01. The summed E-state index contributed by atoms with van der Waals surface area (Å²) < 4.78 is 7.36. The van der Waals surface area contributed by atoms with Crippen molar-refractivity contribution in [1.29, 1.82) is 0 Å². The standard InChI is InChI=1S/C16H14Br2O2/c1-10-3-4-11(2)13(7-10)15(19)9-20-16-6-5-12(17)8-14(16)18/h3-8H,9H2,1-2H3. The van der Waals surface area contributed by atoms with Crippen LogP contribution in [0.3, 0.4) is 0 Å². The van der Waals surface area contributed by atoms with E-state index in [1.807, 2.05) is 50.2 Å². The van der Waals surface area contributed by atoms with Gasteiger partial charge in [-0.15, -0.1) is 0 Å². The molecule has 4 heteroatoms. The Hall–Kier alpha value is -1.13. The average molecular weight is 398 g/mol. The van der Waals surface area contributed by atoms with Gasteiger partial charge in [0.2, 0.25) is 0 Å². The summed E-state index contributed by atoms with van der Waals surface area (Å²) >= 11 is 6.79. The third kappa shape index (κ3) is 3.70. The molecule has 0 saturated carbocycles. The van der Waals surface area contributed by atoms with E-state index in [1.54, 1.807) is 0 Å². The highest BCUT2D eigenvalue weighted by Gasteiger charge is 2.11. The summed E-state index contributed by atoms with van der Waals surface area (Å²) in [6.45, 7) is 3.94. The fourth-order valence-electron chi connectivity index (χ4n) is 1.85. The first kappa shape index (κ1) is 15.3. The molecule has 0 aliphatic heterocycles. The maximum atomic E-state index is 12.2. The second-order valence-corrected chi connectivity index (χ2v) is 6.37. The molecule has 0 spiro atoms. The number of ether oxygens (including phenoxy) is 1. The second kappa shape index (κ2) is 6.55. The maximum absolute atomic E-state index is 12.2. The van der Waals surface area contributed by atoms with Crippen LogP contribution in [0.1, 0.15) is 21.5 Å². The minimum atomic E-state index is -0.0129. The Kier molecular flexibility index (Phi) is 5.00. The van der Waals surface area contributed by atoms with E-state index >= 15 is 0 Å². The van der Waals surface area contributed by atoms with Crippen molar-refractivity contribution in [2.75, 3.05) is 6.61 Å². The molecule has 2 rings (SSSR count). The Morgan fingerprint density at radius 3 is 2.55 bits per heavy atom. The highest BCUT2D eigenvalue weighted by atomic mass is 79.9. The van der Waals surface area contributed by atoms with Crippen LogP contribution in [0.15, 0.2) is 45.3 Å². The molecule has 2 aromatic carbocycles. The molecule has 0 unspecified atom stereocenters. The second-order valence-electron chi connectivity index (χ2n) is 4.60. The van der Waals surface area contributed by atoms with E-state index in [9.17, 15) is 4.79 Å². The molecule has 0 fully saturated rings. The van der Waals surface area contributed by atoms with Crippen LogP contribution >= 0.6 is 31.9 Å². The molecule has 0 atom stereocenters. The highest BCUT2D eigenvalue weighted by Crippen LogP contribution is 2.28. The quantitative estimate of drug-likeness (QED) is 0.671. The van der Waals surface area contributed by atoms with Crippen molar-refractivity contribution in [2.24, 2.45) is 0 Å². The summed E-state index contributed by atoms with van der Waals surface area (Å²) in [7, 11) is 0. The number of hydrogen-bond acceptors (Lipinski definition) is 2. The highest BCUT2D eigenvalue weighted by molar-refractivity contribution is 9.11.